The zero-order valence-corrected chi connectivity index (χ0v) is 18.7. The van der Waals surface area contributed by atoms with Crippen molar-refractivity contribution in [1.29, 1.82) is 10.7 Å². The van der Waals surface area contributed by atoms with E-state index in [0.717, 1.165) is 18.3 Å². The summed E-state index contributed by atoms with van der Waals surface area (Å²) in [6.45, 7) is 4.33. The molecule has 0 radical (unpaired) electrons. The molecule has 170 valence electrons. The highest BCUT2D eigenvalue weighted by atomic mass is 19.1. The van der Waals surface area contributed by atoms with Gasteiger partial charge in [-0.05, 0) is 35.7 Å². The molecule has 0 unspecified atom stereocenters. The fraction of sp³-hybridized carbons (Fsp3) is 0.280. The molecule has 0 spiro atoms. The van der Waals surface area contributed by atoms with Gasteiger partial charge in [-0.1, -0.05) is 32.0 Å². The summed E-state index contributed by atoms with van der Waals surface area (Å²) in [6.07, 6.45) is 2.73. The first-order chi connectivity index (χ1) is 15.8. The van der Waals surface area contributed by atoms with Crippen LogP contribution in [0.1, 0.15) is 41.3 Å². The van der Waals surface area contributed by atoms with Crippen LogP contribution in [-0.4, -0.2) is 42.6 Å². The maximum Gasteiger partial charge on any atom is 0.254 e. The maximum absolute atomic E-state index is 14.0. The van der Waals surface area contributed by atoms with E-state index in [2.05, 4.69) is 10.6 Å². The number of halogens is 1. The van der Waals surface area contributed by atoms with E-state index in [9.17, 15) is 14.0 Å². The highest BCUT2D eigenvalue weighted by Crippen LogP contribution is 2.37. The Bertz CT molecular complexity index is 1150. The van der Waals surface area contributed by atoms with Crippen LogP contribution in [0.25, 0.3) is 0 Å². The van der Waals surface area contributed by atoms with Crippen LogP contribution < -0.4 is 10.6 Å². The van der Waals surface area contributed by atoms with Crippen molar-refractivity contribution in [1.82, 2.24) is 10.2 Å². The molecule has 3 rings (SSSR count). The molecule has 0 saturated heterocycles. The number of nitrogens with zero attached hydrogens (tertiary/aromatic N) is 2. The summed E-state index contributed by atoms with van der Waals surface area (Å²) in [5.41, 5.74) is 1.64. The lowest BCUT2D eigenvalue weighted by Crippen LogP contribution is -2.53. The highest BCUT2D eigenvalue weighted by molar-refractivity contribution is 6.05. The Labute approximate surface area is 192 Å². The normalized spacial score (nSPS) is 17.9. The first-order valence-electron chi connectivity index (χ1n) is 10.6. The Hall–Kier alpha value is -3.99. The molecular formula is C25H26FN5O2. The number of nitriles is 1. The van der Waals surface area contributed by atoms with Crippen molar-refractivity contribution < 1.29 is 14.0 Å². The average Bonchev–Trinajstić information content (AvgIpc) is 2.78. The smallest absolute Gasteiger partial charge is 0.254 e. The third-order valence-corrected chi connectivity index (χ3v) is 5.40. The minimum Gasteiger partial charge on any atom is -0.394 e. The van der Waals surface area contributed by atoms with Gasteiger partial charge in [0.25, 0.3) is 5.91 Å². The van der Waals surface area contributed by atoms with E-state index in [1.165, 1.54) is 6.07 Å². The number of hydrogen-bond donors (Lipinski definition) is 3. The molecule has 2 amide bonds. The molecular weight excluding hydrogens is 421 g/mol. The van der Waals surface area contributed by atoms with Crippen LogP contribution in [-0.2, 0) is 4.79 Å². The van der Waals surface area contributed by atoms with Gasteiger partial charge in [0.2, 0.25) is 5.91 Å². The standard InChI is InChI=1S/C25H26FN5O2/c1-15(2)14-31-23(17(12-28)13-29-3)22(20-6-4-5-7-21(20)25(31)33)24(32)30-19-9-16(11-27)8-18(26)10-19/h4-10,12-13,15,22-23,28-29H,14H2,1-3H3,(H,30,32)/b17-13+,28-12?/t22-,23+/m0/s1. The predicted octanol–water partition coefficient (Wildman–Crippen LogP) is 3.65. The fourth-order valence-electron chi connectivity index (χ4n) is 4.17. The number of carbonyl (C=O) groups is 2. The molecule has 0 fully saturated rings. The quantitative estimate of drug-likeness (QED) is 0.563. The number of hydrogen-bond acceptors (Lipinski definition) is 5. The molecule has 0 bridgehead atoms. The molecule has 2 aromatic carbocycles. The molecule has 1 aliphatic heterocycles. The topological polar surface area (TPSA) is 109 Å². The van der Waals surface area contributed by atoms with E-state index >= 15 is 0 Å². The molecule has 8 heteroatoms. The fourth-order valence-corrected chi connectivity index (χ4v) is 4.17. The van der Waals surface area contributed by atoms with Crippen molar-refractivity contribution in [3.63, 3.8) is 0 Å². The molecule has 1 heterocycles. The number of rotatable bonds is 7. The number of benzene rings is 2. The van der Waals surface area contributed by atoms with E-state index in [4.69, 9.17) is 10.7 Å². The Kier molecular flexibility index (Phi) is 7.23. The van der Waals surface area contributed by atoms with Crippen LogP contribution >= 0.6 is 0 Å². The molecule has 33 heavy (non-hydrogen) atoms. The first kappa shape index (κ1) is 23.7. The second kappa shape index (κ2) is 10.1. The molecule has 0 saturated carbocycles. The molecule has 2 atom stereocenters. The number of nitrogens with one attached hydrogen (secondary N) is 3. The van der Waals surface area contributed by atoms with Gasteiger partial charge in [0, 0.05) is 42.8 Å². The summed E-state index contributed by atoms with van der Waals surface area (Å²) in [5, 5.41) is 22.7. The van der Waals surface area contributed by atoms with Gasteiger partial charge >= 0.3 is 0 Å². The molecule has 0 aromatic heterocycles. The molecule has 7 nitrogen and oxygen atoms in total. The molecule has 0 aliphatic carbocycles. The Balaban J connectivity index is 2.16. The van der Waals surface area contributed by atoms with Crippen LogP contribution in [0.4, 0.5) is 10.1 Å². The molecule has 2 aromatic rings. The van der Waals surface area contributed by atoms with Crippen LogP contribution in [0.15, 0.2) is 54.2 Å². The lowest BCUT2D eigenvalue weighted by atomic mass is 9.78. The van der Waals surface area contributed by atoms with Crippen molar-refractivity contribution in [2.45, 2.75) is 25.8 Å². The maximum atomic E-state index is 14.0. The van der Waals surface area contributed by atoms with Gasteiger partial charge in [-0.3, -0.25) is 9.59 Å². The van der Waals surface area contributed by atoms with Crippen LogP contribution in [0.5, 0.6) is 0 Å². The lowest BCUT2D eigenvalue weighted by molar-refractivity contribution is -0.118. The SMILES string of the molecule is CN/C=C(\C=N)[C@@H]1[C@@H](C(=O)Nc2cc(F)cc(C#N)c2)c2ccccc2C(=O)N1CC(C)C. The van der Waals surface area contributed by atoms with E-state index in [-0.39, 0.29) is 23.1 Å². The summed E-state index contributed by atoms with van der Waals surface area (Å²) in [7, 11) is 1.68. The van der Waals surface area contributed by atoms with Gasteiger partial charge in [-0.2, -0.15) is 5.26 Å². The zero-order chi connectivity index (χ0) is 24.1. The number of amides is 2. The van der Waals surface area contributed by atoms with Crippen molar-refractivity contribution >= 4 is 23.7 Å². The van der Waals surface area contributed by atoms with Crippen molar-refractivity contribution in [2.75, 3.05) is 18.9 Å². The lowest BCUT2D eigenvalue weighted by Gasteiger charge is -2.42. The Morgan fingerprint density at radius 3 is 2.67 bits per heavy atom. The number of carbonyl (C=O) groups excluding carboxylic acids is 2. The van der Waals surface area contributed by atoms with Crippen LogP contribution in [0.3, 0.4) is 0 Å². The summed E-state index contributed by atoms with van der Waals surface area (Å²) >= 11 is 0. The summed E-state index contributed by atoms with van der Waals surface area (Å²) in [6, 6.07) is 11.6. The monoisotopic (exact) mass is 447 g/mol. The average molecular weight is 448 g/mol. The van der Waals surface area contributed by atoms with Crippen LogP contribution in [0, 0.1) is 28.5 Å². The van der Waals surface area contributed by atoms with Gasteiger partial charge in [0.1, 0.15) is 5.82 Å². The summed E-state index contributed by atoms with van der Waals surface area (Å²) in [4.78, 5) is 28.7. The largest absolute Gasteiger partial charge is 0.394 e. The van der Waals surface area contributed by atoms with Crippen molar-refractivity contribution in [3.8, 4) is 6.07 Å². The minimum absolute atomic E-state index is 0.0813. The van der Waals surface area contributed by atoms with Crippen molar-refractivity contribution in [3.05, 3.63) is 76.7 Å². The minimum atomic E-state index is -0.854. The Morgan fingerprint density at radius 1 is 1.30 bits per heavy atom. The molecule has 3 N–H and O–H groups in total. The summed E-state index contributed by atoms with van der Waals surface area (Å²) in [5.74, 6) is -2.06. The van der Waals surface area contributed by atoms with E-state index < -0.39 is 23.7 Å². The second-order valence-electron chi connectivity index (χ2n) is 8.27. The van der Waals surface area contributed by atoms with Crippen molar-refractivity contribution in [2.24, 2.45) is 5.92 Å². The van der Waals surface area contributed by atoms with Gasteiger partial charge in [0.05, 0.1) is 23.6 Å². The first-order valence-corrected chi connectivity index (χ1v) is 10.6. The van der Waals surface area contributed by atoms with E-state index in [0.29, 0.717) is 23.2 Å². The highest BCUT2D eigenvalue weighted by Gasteiger charge is 2.44. The summed E-state index contributed by atoms with van der Waals surface area (Å²) < 4.78 is 14.0. The van der Waals surface area contributed by atoms with Gasteiger partial charge in [0.15, 0.2) is 0 Å². The van der Waals surface area contributed by atoms with E-state index in [1.807, 2.05) is 19.9 Å². The number of fused-ring (bicyclic) bond motifs is 1. The Morgan fingerprint density at radius 2 is 2.03 bits per heavy atom. The zero-order valence-electron chi connectivity index (χ0n) is 18.7. The predicted molar refractivity (Wildman–Crippen MR) is 125 cm³/mol. The third-order valence-electron chi connectivity index (χ3n) is 5.40. The third kappa shape index (κ3) is 4.93. The van der Waals surface area contributed by atoms with Gasteiger partial charge in [-0.15, -0.1) is 0 Å². The van der Waals surface area contributed by atoms with E-state index in [1.54, 1.807) is 42.4 Å². The second-order valence-corrected chi connectivity index (χ2v) is 8.27. The number of anilines is 1. The molecule has 1 aliphatic rings. The van der Waals surface area contributed by atoms with Crippen LogP contribution in [0.2, 0.25) is 0 Å². The van der Waals surface area contributed by atoms with Gasteiger partial charge in [-0.25, -0.2) is 4.39 Å². The van der Waals surface area contributed by atoms with Gasteiger partial charge < -0.3 is 20.9 Å².